The summed E-state index contributed by atoms with van der Waals surface area (Å²) in [5.74, 6) is 1.74. The Labute approximate surface area is 132 Å². The Hall–Kier alpha value is -1.58. The predicted molar refractivity (Wildman–Crippen MR) is 85.0 cm³/mol. The van der Waals surface area contributed by atoms with Gasteiger partial charge in [0.05, 0.1) is 10.9 Å². The van der Waals surface area contributed by atoms with Gasteiger partial charge in [-0.05, 0) is 23.6 Å². The number of rotatable bonds is 3. The van der Waals surface area contributed by atoms with Gasteiger partial charge in [0.2, 0.25) is 0 Å². The van der Waals surface area contributed by atoms with Gasteiger partial charge < -0.3 is 4.57 Å². The van der Waals surface area contributed by atoms with Gasteiger partial charge in [-0.25, -0.2) is 9.97 Å². The van der Waals surface area contributed by atoms with Crippen LogP contribution >= 0.6 is 23.2 Å². The summed E-state index contributed by atoms with van der Waals surface area (Å²) < 4.78 is 2.12. The molecule has 4 rings (SSSR count). The lowest BCUT2D eigenvalue weighted by molar-refractivity contribution is 0.506. The average Bonchev–Trinajstić information content (AvgIpc) is 2.81. The Balaban J connectivity index is 1.74. The van der Waals surface area contributed by atoms with Gasteiger partial charge in [-0.1, -0.05) is 35.9 Å². The quantitative estimate of drug-likeness (QED) is 0.679. The first-order chi connectivity index (χ1) is 10.3. The van der Waals surface area contributed by atoms with Crippen LogP contribution in [0.1, 0.15) is 22.9 Å². The van der Waals surface area contributed by atoms with Crippen molar-refractivity contribution >= 4 is 34.4 Å². The Morgan fingerprint density at radius 2 is 2.14 bits per heavy atom. The van der Waals surface area contributed by atoms with Gasteiger partial charge >= 0.3 is 0 Å². The summed E-state index contributed by atoms with van der Waals surface area (Å²) in [5, 5.41) is 0.599. The zero-order valence-corrected chi connectivity index (χ0v) is 12.8. The van der Waals surface area contributed by atoms with Gasteiger partial charge in [0, 0.05) is 18.7 Å². The molecule has 0 N–H and O–H groups in total. The van der Waals surface area contributed by atoms with Crippen molar-refractivity contribution in [2.75, 3.05) is 0 Å². The number of benzene rings is 1. The second-order valence-electron chi connectivity index (χ2n) is 5.37. The van der Waals surface area contributed by atoms with Gasteiger partial charge in [0.15, 0.2) is 5.65 Å². The smallest absolute Gasteiger partial charge is 0.160 e. The monoisotopic (exact) mass is 317 g/mol. The Bertz CT molecular complexity index is 826. The fourth-order valence-electron chi connectivity index (χ4n) is 3.07. The third kappa shape index (κ3) is 2.12. The molecule has 1 atom stereocenters. The molecule has 0 amide bonds. The van der Waals surface area contributed by atoms with E-state index < -0.39 is 0 Å². The standard InChI is InChI=1S/C16H13Cl2N3/c17-7-15-20-14-6-12(18)8-19-16(14)21(15)9-11-5-10-3-1-2-4-13(10)11/h1-4,6,8,11H,5,7,9H2. The van der Waals surface area contributed by atoms with Crippen LogP contribution in [0.25, 0.3) is 11.2 Å². The summed E-state index contributed by atoms with van der Waals surface area (Å²) in [7, 11) is 0. The van der Waals surface area contributed by atoms with Crippen LogP contribution in [-0.2, 0) is 18.8 Å². The zero-order valence-electron chi connectivity index (χ0n) is 11.3. The highest BCUT2D eigenvalue weighted by atomic mass is 35.5. The molecule has 1 aromatic carbocycles. The molecule has 0 fully saturated rings. The van der Waals surface area contributed by atoms with Crippen molar-refractivity contribution < 1.29 is 0 Å². The van der Waals surface area contributed by atoms with Crippen molar-refractivity contribution in [3.8, 4) is 0 Å². The summed E-state index contributed by atoms with van der Waals surface area (Å²) >= 11 is 12.0. The maximum Gasteiger partial charge on any atom is 0.160 e. The first-order valence-corrected chi connectivity index (χ1v) is 7.82. The van der Waals surface area contributed by atoms with Crippen LogP contribution < -0.4 is 0 Å². The molecule has 2 heterocycles. The first-order valence-electron chi connectivity index (χ1n) is 6.90. The summed E-state index contributed by atoms with van der Waals surface area (Å²) in [6, 6.07) is 10.4. The van der Waals surface area contributed by atoms with Crippen molar-refractivity contribution in [3.63, 3.8) is 0 Å². The highest BCUT2D eigenvalue weighted by molar-refractivity contribution is 6.31. The maximum atomic E-state index is 6.04. The average molecular weight is 318 g/mol. The molecule has 0 aliphatic heterocycles. The van der Waals surface area contributed by atoms with E-state index in [0.29, 0.717) is 16.8 Å². The van der Waals surface area contributed by atoms with E-state index in [4.69, 9.17) is 23.2 Å². The van der Waals surface area contributed by atoms with Crippen LogP contribution in [0.4, 0.5) is 0 Å². The highest BCUT2D eigenvalue weighted by Gasteiger charge is 2.27. The molecular formula is C16H13Cl2N3. The lowest BCUT2D eigenvalue weighted by atomic mass is 9.77. The van der Waals surface area contributed by atoms with E-state index in [9.17, 15) is 0 Å². The number of nitrogens with zero attached hydrogens (tertiary/aromatic N) is 3. The van der Waals surface area contributed by atoms with Crippen molar-refractivity contribution in [2.45, 2.75) is 24.8 Å². The Kier molecular flexibility index (Phi) is 3.12. The van der Waals surface area contributed by atoms with Crippen LogP contribution in [0.3, 0.4) is 0 Å². The van der Waals surface area contributed by atoms with Crippen LogP contribution in [-0.4, -0.2) is 14.5 Å². The first kappa shape index (κ1) is 13.1. The van der Waals surface area contributed by atoms with E-state index in [0.717, 1.165) is 30.0 Å². The number of imidazole rings is 1. The summed E-state index contributed by atoms with van der Waals surface area (Å²) in [6.07, 6.45) is 2.76. The normalized spacial score (nSPS) is 16.8. The minimum Gasteiger partial charge on any atom is -0.311 e. The second kappa shape index (κ2) is 5.00. The molecule has 21 heavy (non-hydrogen) atoms. The number of hydrogen-bond acceptors (Lipinski definition) is 2. The summed E-state index contributed by atoms with van der Waals surface area (Å²) in [6.45, 7) is 0.865. The lowest BCUT2D eigenvalue weighted by Gasteiger charge is -2.30. The van der Waals surface area contributed by atoms with Crippen molar-refractivity contribution in [1.29, 1.82) is 0 Å². The molecule has 0 bridgehead atoms. The number of halogens is 2. The Morgan fingerprint density at radius 1 is 1.29 bits per heavy atom. The molecule has 0 spiro atoms. The zero-order chi connectivity index (χ0) is 14.4. The van der Waals surface area contributed by atoms with E-state index in [1.807, 2.05) is 6.07 Å². The van der Waals surface area contributed by atoms with Crippen molar-refractivity contribution in [1.82, 2.24) is 14.5 Å². The Morgan fingerprint density at radius 3 is 2.95 bits per heavy atom. The largest absolute Gasteiger partial charge is 0.311 e. The number of alkyl halides is 1. The number of fused-ring (bicyclic) bond motifs is 2. The van der Waals surface area contributed by atoms with Crippen LogP contribution in [0.2, 0.25) is 5.02 Å². The molecule has 0 radical (unpaired) electrons. The van der Waals surface area contributed by atoms with Gasteiger partial charge in [-0.3, -0.25) is 0 Å². The lowest BCUT2D eigenvalue weighted by Crippen LogP contribution is -2.22. The molecule has 1 unspecified atom stereocenters. The molecular weight excluding hydrogens is 305 g/mol. The van der Waals surface area contributed by atoms with Gasteiger partial charge in [-0.2, -0.15) is 0 Å². The van der Waals surface area contributed by atoms with Gasteiger partial charge in [-0.15, -0.1) is 11.6 Å². The number of pyridine rings is 1. The molecule has 1 aliphatic rings. The molecule has 2 aromatic heterocycles. The van der Waals surface area contributed by atoms with Crippen LogP contribution in [0, 0.1) is 0 Å². The molecule has 3 nitrogen and oxygen atoms in total. The maximum absolute atomic E-state index is 6.04. The third-order valence-electron chi connectivity index (χ3n) is 4.11. The predicted octanol–water partition coefficient (Wildman–Crippen LogP) is 4.16. The van der Waals surface area contributed by atoms with Crippen LogP contribution in [0.15, 0.2) is 36.5 Å². The van der Waals surface area contributed by atoms with E-state index >= 15 is 0 Å². The van der Waals surface area contributed by atoms with Crippen LogP contribution in [0.5, 0.6) is 0 Å². The van der Waals surface area contributed by atoms with Gasteiger partial charge in [0.1, 0.15) is 11.3 Å². The van der Waals surface area contributed by atoms with Gasteiger partial charge in [0.25, 0.3) is 0 Å². The minimum atomic E-state index is 0.377. The molecule has 0 saturated heterocycles. The highest BCUT2D eigenvalue weighted by Crippen LogP contribution is 2.37. The van der Waals surface area contributed by atoms with E-state index in [2.05, 4.69) is 38.8 Å². The minimum absolute atomic E-state index is 0.377. The summed E-state index contributed by atoms with van der Waals surface area (Å²) in [5.41, 5.74) is 4.54. The fourth-order valence-corrected chi connectivity index (χ4v) is 3.43. The van der Waals surface area contributed by atoms with Crippen molar-refractivity contribution in [2.24, 2.45) is 0 Å². The second-order valence-corrected chi connectivity index (χ2v) is 6.07. The summed E-state index contributed by atoms with van der Waals surface area (Å²) in [4.78, 5) is 8.97. The molecule has 5 heteroatoms. The molecule has 106 valence electrons. The van der Waals surface area contributed by atoms with Crippen molar-refractivity contribution in [3.05, 3.63) is 58.5 Å². The number of aromatic nitrogens is 3. The fraction of sp³-hybridized carbons (Fsp3) is 0.250. The molecule has 0 saturated carbocycles. The van der Waals surface area contributed by atoms with E-state index in [1.54, 1.807) is 6.20 Å². The molecule has 3 aromatic rings. The SMILES string of the molecule is ClCc1nc2cc(Cl)cnc2n1CC1Cc2ccccc21. The third-order valence-corrected chi connectivity index (χ3v) is 4.56. The van der Waals surface area contributed by atoms with E-state index in [-0.39, 0.29) is 0 Å². The molecule has 1 aliphatic carbocycles. The number of hydrogen-bond donors (Lipinski definition) is 0. The topological polar surface area (TPSA) is 30.7 Å². The van der Waals surface area contributed by atoms with E-state index in [1.165, 1.54) is 11.1 Å².